The van der Waals surface area contributed by atoms with Gasteiger partial charge in [-0.3, -0.25) is 4.79 Å². The fourth-order valence-corrected chi connectivity index (χ4v) is 5.13. The van der Waals surface area contributed by atoms with Gasteiger partial charge in [-0.1, -0.05) is 36.2 Å². The number of aromatic nitrogens is 1. The fraction of sp³-hybridized carbons (Fsp3) is 0.368. The normalized spacial score (nSPS) is 15.7. The number of benzene rings is 1. The molecule has 0 atom stereocenters. The molecule has 0 radical (unpaired) electrons. The second-order valence-electron chi connectivity index (χ2n) is 6.82. The molecular weight excluding hydrogens is 407 g/mol. The largest absolute Gasteiger partial charge is 0.337 e. The van der Waals surface area contributed by atoms with Crippen molar-refractivity contribution in [2.24, 2.45) is 5.92 Å². The van der Waals surface area contributed by atoms with Gasteiger partial charge in [-0.25, -0.2) is 13.4 Å². The van der Waals surface area contributed by atoms with Crippen LogP contribution in [0.5, 0.6) is 0 Å². The number of piperidine rings is 1. The molecule has 3 rings (SSSR count). The molecule has 1 amide bonds. The van der Waals surface area contributed by atoms with E-state index >= 15 is 0 Å². The predicted octanol–water partition coefficient (Wildman–Crippen LogP) is 4.23. The van der Waals surface area contributed by atoms with Crippen LogP contribution in [0.1, 0.15) is 35.9 Å². The lowest BCUT2D eigenvalue weighted by Gasteiger charge is -2.30. The highest BCUT2D eigenvalue weighted by Crippen LogP contribution is 2.27. The van der Waals surface area contributed by atoms with Gasteiger partial charge in [0.05, 0.1) is 21.4 Å². The van der Waals surface area contributed by atoms with Gasteiger partial charge in [0.15, 0.2) is 9.84 Å². The molecule has 1 aliphatic heterocycles. The number of likely N-dealkylation sites (tertiary alicyclic amines) is 1. The van der Waals surface area contributed by atoms with Crippen LogP contribution in [0.2, 0.25) is 10.0 Å². The molecule has 27 heavy (non-hydrogen) atoms. The van der Waals surface area contributed by atoms with Crippen molar-refractivity contribution in [2.45, 2.75) is 30.4 Å². The second-order valence-corrected chi connectivity index (χ2v) is 9.62. The first-order chi connectivity index (χ1) is 12.8. The average Bonchev–Trinajstić information content (AvgIpc) is 2.63. The summed E-state index contributed by atoms with van der Waals surface area (Å²) < 4.78 is 25.4. The number of nitrogens with zero attached hydrogens (tertiary/aromatic N) is 2. The van der Waals surface area contributed by atoms with Crippen LogP contribution >= 0.6 is 23.2 Å². The van der Waals surface area contributed by atoms with Gasteiger partial charge in [0.1, 0.15) is 5.69 Å². The molecule has 0 bridgehead atoms. The van der Waals surface area contributed by atoms with Gasteiger partial charge in [-0.05, 0) is 49.1 Å². The summed E-state index contributed by atoms with van der Waals surface area (Å²) in [4.78, 5) is 18.7. The second kappa shape index (κ2) is 8.17. The average molecular weight is 427 g/mol. The number of halogens is 2. The van der Waals surface area contributed by atoms with Crippen molar-refractivity contribution in [1.29, 1.82) is 0 Å². The van der Waals surface area contributed by atoms with Crippen molar-refractivity contribution in [3.05, 3.63) is 57.8 Å². The first kappa shape index (κ1) is 20.1. The Balaban J connectivity index is 1.81. The van der Waals surface area contributed by atoms with E-state index in [1.807, 2.05) is 0 Å². The highest BCUT2D eigenvalue weighted by atomic mass is 35.5. The van der Waals surface area contributed by atoms with E-state index in [9.17, 15) is 13.2 Å². The van der Waals surface area contributed by atoms with E-state index in [1.54, 1.807) is 23.1 Å². The summed E-state index contributed by atoms with van der Waals surface area (Å²) in [5, 5.41) is 0.392. The third-order valence-electron chi connectivity index (χ3n) is 4.66. The van der Waals surface area contributed by atoms with Crippen molar-refractivity contribution in [2.75, 3.05) is 13.1 Å². The monoisotopic (exact) mass is 426 g/mol. The Morgan fingerprint density at radius 3 is 2.59 bits per heavy atom. The Kier molecular flexibility index (Phi) is 6.08. The maximum absolute atomic E-state index is 12.7. The zero-order valence-corrected chi connectivity index (χ0v) is 17.2. The van der Waals surface area contributed by atoms with Crippen LogP contribution in [0.4, 0.5) is 0 Å². The maximum Gasteiger partial charge on any atom is 0.272 e. The first-order valence-electron chi connectivity index (χ1n) is 8.69. The summed E-state index contributed by atoms with van der Waals surface area (Å²) in [6.07, 6.45) is 1.93. The molecule has 1 aromatic heterocycles. The summed E-state index contributed by atoms with van der Waals surface area (Å²) >= 11 is 11.9. The highest BCUT2D eigenvalue weighted by Gasteiger charge is 2.24. The summed E-state index contributed by atoms with van der Waals surface area (Å²) in [5.74, 6) is 0.0912. The topological polar surface area (TPSA) is 67.3 Å². The lowest BCUT2D eigenvalue weighted by atomic mass is 9.99. The number of carbonyl (C=O) groups excluding carboxylic acids is 1. The molecule has 5 nitrogen and oxygen atoms in total. The van der Waals surface area contributed by atoms with E-state index in [1.165, 1.54) is 18.2 Å². The van der Waals surface area contributed by atoms with Crippen LogP contribution in [-0.2, 0) is 15.6 Å². The van der Waals surface area contributed by atoms with Gasteiger partial charge in [-0.2, -0.15) is 0 Å². The molecule has 2 heterocycles. The molecule has 0 saturated carbocycles. The number of amides is 1. The molecule has 1 aromatic carbocycles. The third kappa shape index (κ3) is 4.81. The standard InChI is InChI=1S/C19H20Cl2N2O3S/c1-13-7-9-23(10-8-13)19(24)17-4-2-3-15(22-17)12-27(25,26)18-11-14(20)5-6-16(18)21/h2-6,11,13H,7-10,12H2,1H3. The molecule has 0 spiro atoms. The lowest BCUT2D eigenvalue weighted by molar-refractivity contribution is 0.0691. The van der Waals surface area contributed by atoms with Crippen LogP contribution in [0, 0.1) is 5.92 Å². The molecule has 2 aromatic rings. The molecule has 0 unspecified atom stereocenters. The van der Waals surface area contributed by atoms with Gasteiger partial charge >= 0.3 is 0 Å². The van der Waals surface area contributed by atoms with Crippen LogP contribution in [0.3, 0.4) is 0 Å². The minimum Gasteiger partial charge on any atom is -0.337 e. The van der Waals surface area contributed by atoms with Gasteiger partial charge in [0, 0.05) is 18.1 Å². The summed E-state index contributed by atoms with van der Waals surface area (Å²) in [5.41, 5.74) is 0.553. The number of carbonyl (C=O) groups is 1. The number of hydrogen-bond acceptors (Lipinski definition) is 4. The van der Waals surface area contributed by atoms with E-state index in [-0.39, 0.29) is 32.3 Å². The molecule has 0 N–H and O–H groups in total. The van der Waals surface area contributed by atoms with E-state index in [0.29, 0.717) is 24.7 Å². The molecule has 144 valence electrons. The zero-order chi connectivity index (χ0) is 19.6. The van der Waals surface area contributed by atoms with Crippen molar-refractivity contribution in [1.82, 2.24) is 9.88 Å². The Morgan fingerprint density at radius 1 is 1.19 bits per heavy atom. The molecule has 8 heteroatoms. The van der Waals surface area contributed by atoms with Crippen LogP contribution in [0.15, 0.2) is 41.3 Å². The predicted molar refractivity (Wildman–Crippen MR) is 106 cm³/mol. The number of pyridine rings is 1. The summed E-state index contributed by atoms with van der Waals surface area (Å²) in [7, 11) is -3.74. The Bertz CT molecular complexity index is 955. The SMILES string of the molecule is CC1CCN(C(=O)c2cccc(CS(=O)(=O)c3cc(Cl)ccc3Cl)n2)CC1. The molecule has 0 aliphatic carbocycles. The third-order valence-corrected chi connectivity index (χ3v) is 7.02. The van der Waals surface area contributed by atoms with Gasteiger partial charge in [0.2, 0.25) is 0 Å². The van der Waals surface area contributed by atoms with Gasteiger partial charge < -0.3 is 4.90 Å². The van der Waals surface area contributed by atoms with E-state index < -0.39 is 9.84 Å². The summed E-state index contributed by atoms with van der Waals surface area (Å²) in [6.45, 7) is 3.57. The van der Waals surface area contributed by atoms with Crippen molar-refractivity contribution in [3.63, 3.8) is 0 Å². The van der Waals surface area contributed by atoms with Crippen LogP contribution < -0.4 is 0 Å². The molecule has 1 aliphatic rings. The van der Waals surface area contributed by atoms with E-state index in [0.717, 1.165) is 12.8 Å². The smallest absolute Gasteiger partial charge is 0.272 e. The molecular formula is C19H20Cl2N2O3S. The van der Waals surface area contributed by atoms with Crippen molar-refractivity contribution < 1.29 is 13.2 Å². The van der Waals surface area contributed by atoms with Crippen LogP contribution in [0.25, 0.3) is 0 Å². The number of hydrogen-bond donors (Lipinski definition) is 0. The minimum absolute atomic E-state index is 0.0415. The number of rotatable bonds is 4. The number of sulfone groups is 1. The van der Waals surface area contributed by atoms with E-state index in [2.05, 4.69) is 11.9 Å². The molecule has 1 fully saturated rings. The summed E-state index contributed by atoms with van der Waals surface area (Å²) in [6, 6.07) is 9.15. The maximum atomic E-state index is 12.7. The lowest BCUT2D eigenvalue weighted by Crippen LogP contribution is -2.38. The highest BCUT2D eigenvalue weighted by molar-refractivity contribution is 7.90. The fourth-order valence-electron chi connectivity index (χ4n) is 3.04. The van der Waals surface area contributed by atoms with Crippen molar-refractivity contribution >= 4 is 38.9 Å². The van der Waals surface area contributed by atoms with Gasteiger partial charge in [-0.15, -0.1) is 0 Å². The van der Waals surface area contributed by atoms with Gasteiger partial charge in [0.25, 0.3) is 5.91 Å². The zero-order valence-electron chi connectivity index (χ0n) is 14.9. The first-order valence-corrected chi connectivity index (χ1v) is 11.1. The van der Waals surface area contributed by atoms with E-state index in [4.69, 9.17) is 23.2 Å². The Hall–Kier alpha value is -1.63. The Labute approximate surface area is 169 Å². The van der Waals surface area contributed by atoms with Crippen LogP contribution in [-0.4, -0.2) is 37.3 Å². The molecule has 1 saturated heterocycles. The quantitative estimate of drug-likeness (QED) is 0.732. The minimum atomic E-state index is -3.74. The Morgan fingerprint density at radius 2 is 1.89 bits per heavy atom. The van der Waals surface area contributed by atoms with Crippen molar-refractivity contribution in [3.8, 4) is 0 Å².